The molecule has 1 saturated heterocycles. The van der Waals surface area contributed by atoms with Crippen molar-refractivity contribution < 1.29 is 19.0 Å². The molecule has 2 aromatic carbocycles. The molecule has 0 aromatic heterocycles. The first-order valence-electron chi connectivity index (χ1n) is 11.9. The summed E-state index contributed by atoms with van der Waals surface area (Å²) in [5.41, 5.74) is 0. The van der Waals surface area contributed by atoms with Crippen molar-refractivity contribution in [2.75, 3.05) is 13.7 Å². The highest BCUT2D eigenvalue weighted by Crippen LogP contribution is 2.39. The van der Waals surface area contributed by atoms with E-state index in [1.807, 2.05) is 0 Å². The van der Waals surface area contributed by atoms with Gasteiger partial charge in [-0.2, -0.15) is 0 Å². The first kappa shape index (κ1) is 25.1. The molecule has 176 valence electrons. The third-order valence-corrected chi connectivity index (χ3v) is 11.7. The standard InChI is InChI=1S/C27H40O4Si/c1-6-13-21(18-22(29-5)19-25-26(20-28)30-25)31-32(27(2,3)4,23-14-9-7-10-15-23)24-16-11-8-12-17-24/h7-12,14-17,21-22,25-26,28H,6,13,18-20H2,1-5H3/t21-,22+,25-,26-/m0/s1. The molecule has 5 heteroatoms. The van der Waals surface area contributed by atoms with Gasteiger partial charge in [-0.05, 0) is 28.3 Å². The maximum Gasteiger partial charge on any atom is 0.261 e. The van der Waals surface area contributed by atoms with Crippen molar-refractivity contribution in [1.82, 2.24) is 0 Å². The summed E-state index contributed by atoms with van der Waals surface area (Å²) >= 11 is 0. The Labute approximate surface area is 195 Å². The summed E-state index contributed by atoms with van der Waals surface area (Å²) in [6, 6.07) is 21.6. The van der Waals surface area contributed by atoms with Crippen molar-refractivity contribution in [3.63, 3.8) is 0 Å². The van der Waals surface area contributed by atoms with Crippen LogP contribution in [0, 0.1) is 0 Å². The number of benzene rings is 2. The zero-order valence-corrected chi connectivity index (χ0v) is 21.3. The van der Waals surface area contributed by atoms with Crippen molar-refractivity contribution in [3.05, 3.63) is 60.7 Å². The van der Waals surface area contributed by atoms with Crippen LogP contribution in [0.4, 0.5) is 0 Å². The highest BCUT2D eigenvalue weighted by atomic mass is 28.4. The van der Waals surface area contributed by atoms with Gasteiger partial charge in [-0.1, -0.05) is 94.8 Å². The molecule has 1 fully saturated rings. The lowest BCUT2D eigenvalue weighted by Crippen LogP contribution is -2.67. The van der Waals surface area contributed by atoms with Crippen LogP contribution in [0.1, 0.15) is 53.4 Å². The molecule has 1 aliphatic heterocycles. The zero-order chi connectivity index (χ0) is 23.2. The van der Waals surface area contributed by atoms with Gasteiger partial charge in [-0.3, -0.25) is 0 Å². The predicted molar refractivity (Wildman–Crippen MR) is 133 cm³/mol. The molecule has 3 rings (SSSR count). The second-order valence-electron chi connectivity index (χ2n) is 9.92. The minimum absolute atomic E-state index is 0.0325. The molecule has 0 aliphatic carbocycles. The Morgan fingerprint density at radius 3 is 1.91 bits per heavy atom. The lowest BCUT2D eigenvalue weighted by atomic mass is 10.0. The molecule has 1 N–H and O–H groups in total. The van der Waals surface area contributed by atoms with Gasteiger partial charge in [0.25, 0.3) is 8.32 Å². The van der Waals surface area contributed by atoms with Gasteiger partial charge < -0.3 is 19.0 Å². The number of hydrogen-bond acceptors (Lipinski definition) is 4. The Hall–Kier alpha value is -1.50. The van der Waals surface area contributed by atoms with E-state index in [4.69, 9.17) is 13.9 Å². The van der Waals surface area contributed by atoms with Crippen LogP contribution in [0.5, 0.6) is 0 Å². The summed E-state index contributed by atoms with van der Waals surface area (Å²) in [5, 5.41) is 11.9. The van der Waals surface area contributed by atoms with Gasteiger partial charge in [-0.15, -0.1) is 0 Å². The molecule has 1 heterocycles. The summed E-state index contributed by atoms with van der Waals surface area (Å²) < 4.78 is 18.8. The maximum absolute atomic E-state index is 9.34. The van der Waals surface area contributed by atoms with E-state index in [2.05, 4.69) is 88.4 Å². The summed E-state index contributed by atoms with van der Waals surface area (Å²) in [5.74, 6) is 0. The van der Waals surface area contributed by atoms with Crippen LogP contribution in [0.25, 0.3) is 0 Å². The van der Waals surface area contributed by atoms with E-state index in [9.17, 15) is 5.11 Å². The van der Waals surface area contributed by atoms with E-state index in [-0.39, 0.29) is 36.1 Å². The molecule has 0 amide bonds. The molecule has 32 heavy (non-hydrogen) atoms. The number of aliphatic hydroxyl groups is 1. The monoisotopic (exact) mass is 456 g/mol. The number of methoxy groups -OCH3 is 1. The van der Waals surface area contributed by atoms with Crippen LogP contribution in [-0.4, -0.2) is 51.6 Å². The Bertz CT molecular complexity index is 766. The first-order chi connectivity index (χ1) is 15.4. The van der Waals surface area contributed by atoms with Crippen molar-refractivity contribution in [2.45, 2.75) is 82.8 Å². The third kappa shape index (κ3) is 5.70. The highest BCUT2D eigenvalue weighted by Gasteiger charge is 2.51. The molecule has 0 bridgehead atoms. The van der Waals surface area contributed by atoms with Crippen LogP contribution in [-0.2, 0) is 13.9 Å². The summed E-state index contributed by atoms with van der Waals surface area (Å²) in [6.45, 7) is 9.26. The highest BCUT2D eigenvalue weighted by molar-refractivity contribution is 6.99. The van der Waals surface area contributed by atoms with Crippen molar-refractivity contribution in [2.24, 2.45) is 0 Å². The largest absolute Gasteiger partial charge is 0.404 e. The molecule has 4 nitrogen and oxygen atoms in total. The van der Waals surface area contributed by atoms with Gasteiger partial charge in [0, 0.05) is 19.6 Å². The van der Waals surface area contributed by atoms with E-state index < -0.39 is 8.32 Å². The second-order valence-corrected chi connectivity index (χ2v) is 14.2. The van der Waals surface area contributed by atoms with Crippen LogP contribution >= 0.6 is 0 Å². The molecular weight excluding hydrogens is 416 g/mol. The molecule has 2 aromatic rings. The van der Waals surface area contributed by atoms with Crippen LogP contribution < -0.4 is 10.4 Å². The summed E-state index contributed by atoms with van der Waals surface area (Å²) in [6.07, 6.45) is 3.86. The van der Waals surface area contributed by atoms with Gasteiger partial charge in [-0.25, -0.2) is 0 Å². The Morgan fingerprint density at radius 2 is 1.50 bits per heavy atom. The predicted octanol–water partition coefficient (Wildman–Crippen LogP) is 4.29. The van der Waals surface area contributed by atoms with E-state index >= 15 is 0 Å². The van der Waals surface area contributed by atoms with Gasteiger partial charge in [0.05, 0.1) is 18.8 Å². The number of ether oxygens (including phenoxy) is 2. The van der Waals surface area contributed by atoms with Gasteiger partial charge in [0.15, 0.2) is 0 Å². The normalized spacial score (nSPS) is 20.7. The van der Waals surface area contributed by atoms with Gasteiger partial charge in [0.1, 0.15) is 6.10 Å². The van der Waals surface area contributed by atoms with E-state index in [1.165, 1.54) is 10.4 Å². The van der Waals surface area contributed by atoms with Crippen molar-refractivity contribution in [1.29, 1.82) is 0 Å². The smallest absolute Gasteiger partial charge is 0.261 e. The molecule has 0 spiro atoms. The fourth-order valence-electron chi connectivity index (χ4n) is 4.88. The first-order valence-corrected chi connectivity index (χ1v) is 13.8. The fraction of sp³-hybridized carbons (Fsp3) is 0.556. The Kier molecular flexibility index (Phi) is 8.70. The summed E-state index contributed by atoms with van der Waals surface area (Å²) in [7, 11) is -0.830. The van der Waals surface area contributed by atoms with E-state index in [1.54, 1.807) is 7.11 Å². The SMILES string of the molecule is CCC[C@@H](C[C@H](C[C@@H]1O[C@H]1CO)OC)O[Si](c1ccccc1)(c1ccccc1)C(C)(C)C. The zero-order valence-electron chi connectivity index (χ0n) is 20.3. The minimum atomic E-state index is -2.60. The topological polar surface area (TPSA) is 51.2 Å². The quantitative estimate of drug-likeness (QED) is 0.382. The van der Waals surface area contributed by atoms with Crippen LogP contribution in [0.15, 0.2) is 60.7 Å². The third-order valence-electron chi connectivity index (χ3n) is 6.59. The lowest BCUT2D eigenvalue weighted by Gasteiger charge is -2.45. The van der Waals surface area contributed by atoms with Gasteiger partial charge >= 0.3 is 0 Å². The molecule has 4 atom stereocenters. The van der Waals surface area contributed by atoms with E-state index in [0.29, 0.717) is 0 Å². The van der Waals surface area contributed by atoms with Crippen LogP contribution in [0.2, 0.25) is 5.04 Å². The molecular formula is C27H40O4Si. The molecule has 0 unspecified atom stereocenters. The maximum atomic E-state index is 9.34. The average Bonchev–Trinajstić information content (AvgIpc) is 3.55. The summed E-state index contributed by atoms with van der Waals surface area (Å²) in [4.78, 5) is 0. The number of aliphatic hydroxyl groups excluding tert-OH is 1. The minimum Gasteiger partial charge on any atom is -0.404 e. The fourth-order valence-corrected chi connectivity index (χ4v) is 9.61. The van der Waals surface area contributed by atoms with E-state index in [0.717, 1.165) is 25.7 Å². The Balaban J connectivity index is 1.95. The molecule has 0 saturated carbocycles. The van der Waals surface area contributed by atoms with Crippen molar-refractivity contribution in [3.8, 4) is 0 Å². The van der Waals surface area contributed by atoms with Crippen LogP contribution in [0.3, 0.4) is 0 Å². The second kappa shape index (κ2) is 11.1. The number of rotatable bonds is 12. The molecule has 0 radical (unpaired) electrons. The van der Waals surface area contributed by atoms with Crippen molar-refractivity contribution >= 4 is 18.7 Å². The number of hydrogen-bond donors (Lipinski definition) is 1. The molecule has 1 aliphatic rings. The lowest BCUT2D eigenvalue weighted by molar-refractivity contribution is 0.0382. The van der Waals surface area contributed by atoms with Gasteiger partial charge in [0.2, 0.25) is 0 Å². The average molecular weight is 457 g/mol. The number of epoxide rings is 1. The Morgan fingerprint density at radius 1 is 0.938 bits per heavy atom.